The molecule has 0 aliphatic rings. The van der Waals surface area contributed by atoms with E-state index in [9.17, 15) is 0 Å². The summed E-state index contributed by atoms with van der Waals surface area (Å²) in [7, 11) is 2.64. The highest BCUT2D eigenvalue weighted by atomic mass is 33.1. The quantitative estimate of drug-likeness (QED) is 0.373. The molecular formula is C2H3NS2. The normalized spacial score (nSPS) is 6.40. The van der Waals surface area contributed by atoms with Gasteiger partial charge in [0.05, 0.1) is 0 Å². The maximum atomic E-state index is 7.76. The lowest BCUT2D eigenvalue weighted by molar-refractivity contribution is 1.57. The first-order chi connectivity index (χ1) is 2.41. The first-order valence-corrected chi connectivity index (χ1v) is 3.56. The van der Waals surface area contributed by atoms with E-state index in [2.05, 4.69) is 0 Å². The fourth-order valence-corrected chi connectivity index (χ4v) is 0.335. The zero-order chi connectivity index (χ0) is 4.12. The minimum absolute atomic E-state index is 1.19. The number of thiocyanates is 1. The SMILES string of the molecule is CSSC#N. The van der Waals surface area contributed by atoms with Gasteiger partial charge in [0.1, 0.15) is 5.40 Å². The molecule has 0 rings (SSSR count). The second-order valence-corrected chi connectivity index (χ2v) is 2.52. The lowest BCUT2D eigenvalue weighted by atomic mass is 11.8. The van der Waals surface area contributed by atoms with Crippen molar-refractivity contribution in [1.29, 1.82) is 5.26 Å². The molecule has 0 saturated heterocycles. The van der Waals surface area contributed by atoms with E-state index in [0.717, 1.165) is 0 Å². The van der Waals surface area contributed by atoms with Crippen molar-refractivity contribution in [3.63, 3.8) is 0 Å². The molecule has 0 aliphatic carbocycles. The van der Waals surface area contributed by atoms with Gasteiger partial charge < -0.3 is 0 Å². The van der Waals surface area contributed by atoms with Crippen molar-refractivity contribution < 1.29 is 0 Å². The first-order valence-electron chi connectivity index (χ1n) is 1.00. The van der Waals surface area contributed by atoms with Gasteiger partial charge in [-0.1, -0.05) is 10.8 Å². The Morgan fingerprint density at radius 3 is 2.40 bits per heavy atom. The van der Waals surface area contributed by atoms with Crippen LogP contribution in [0, 0.1) is 10.7 Å². The summed E-state index contributed by atoms with van der Waals surface area (Å²) in [6, 6.07) is 0. The van der Waals surface area contributed by atoms with Crippen LogP contribution in [0.4, 0.5) is 0 Å². The average molecular weight is 105 g/mol. The van der Waals surface area contributed by atoms with E-state index in [1.54, 1.807) is 0 Å². The van der Waals surface area contributed by atoms with Crippen LogP contribution in [-0.4, -0.2) is 6.26 Å². The van der Waals surface area contributed by atoms with Gasteiger partial charge in [-0.25, -0.2) is 0 Å². The Morgan fingerprint density at radius 1 is 1.80 bits per heavy atom. The standard InChI is InChI=1S/C2H3NS2/c1-4-5-2-3/h1H3. The molecular weight excluding hydrogens is 102 g/mol. The number of nitrogens with zero attached hydrogens (tertiary/aromatic N) is 1. The summed E-state index contributed by atoms with van der Waals surface area (Å²) in [5.74, 6) is 0. The summed E-state index contributed by atoms with van der Waals surface area (Å²) in [5, 5.41) is 9.66. The van der Waals surface area contributed by atoms with Gasteiger partial charge in [-0.2, -0.15) is 5.26 Å². The molecule has 0 atom stereocenters. The highest BCUT2D eigenvalue weighted by molar-refractivity contribution is 8.78. The number of hydrogen-bond donors (Lipinski definition) is 0. The van der Waals surface area contributed by atoms with Crippen molar-refractivity contribution >= 4 is 21.6 Å². The van der Waals surface area contributed by atoms with Gasteiger partial charge >= 0.3 is 0 Å². The van der Waals surface area contributed by atoms with E-state index >= 15 is 0 Å². The van der Waals surface area contributed by atoms with Crippen molar-refractivity contribution in [2.24, 2.45) is 0 Å². The van der Waals surface area contributed by atoms with Crippen LogP contribution in [0.25, 0.3) is 0 Å². The van der Waals surface area contributed by atoms with Gasteiger partial charge in [-0.05, 0) is 6.26 Å². The molecule has 0 aliphatic heterocycles. The topological polar surface area (TPSA) is 23.8 Å². The first kappa shape index (κ1) is 5.19. The monoisotopic (exact) mass is 105 g/mol. The van der Waals surface area contributed by atoms with Crippen LogP contribution in [0.2, 0.25) is 0 Å². The van der Waals surface area contributed by atoms with Crippen LogP contribution in [0.5, 0.6) is 0 Å². The molecule has 3 heteroatoms. The number of hydrogen-bond acceptors (Lipinski definition) is 3. The van der Waals surface area contributed by atoms with Gasteiger partial charge in [0, 0.05) is 10.8 Å². The van der Waals surface area contributed by atoms with E-state index in [1.165, 1.54) is 21.6 Å². The lowest BCUT2D eigenvalue weighted by Crippen LogP contribution is -1.29. The summed E-state index contributed by atoms with van der Waals surface area (Å²) < 4.78 is 0. The summed E-state index contributed by atoms with van der Waals surface area (Å²) in [5.41, 5.74) is 0. The van der Waals surface area contributed by atoms with Crippen LogP contribution in [0.1, 0.15) is 0 Å². The van der Waals surface area contributed by atoms with Crippen LogP contribution >= 0.6 is 21.6 Å². The summed E-state index contributed by atoms with van der Waals surface area (Å²) in [6.07, 6.45) is 1.87. The van der Waals surface area contributed by atoms with Gasteiger partial charge in [0.25, 0.3) is 0 Å². The maximum Gasteiger partial charge on any atom is 0.144 e. The summed E-state index contributed by atoms with van der Waals surface area (Å²) in [4.78, 5) is 0. The van der Waals surface area contributed by atoms with Crippen molar-refractivity contribution in [2.75, 3.05) is 6.26 Å². The van der Waals surface area contributed by atoms with Crippen LogP contribution in [0.3, 0.4) is 0 Å². The molecule has 0 fully saturated rings. The Bertz CT molecular complexity index is 46.1. The predicted octanol–water partition coefficient (Wildman–Crippen LogP) is 1.48. The Hall–Kier alpha value is 0.190. The minimum Gasteiger partial charge on any atom is -0.184 e. The van der Waals surface area contributed by atoms with Crippen LogP contribution in [0.15, 0.2) is 0 Å². The molecule has 0 bridgehead atoms. The molecule has 0 spiro atoms. The van der Waals surface area contributed by atoms with Gasteiger partial charge in [-0.3, -0.25) is 0 Å². The molecule has 0 amide bonds. The van der Waals surface area contributed by atoms with Crippen molar-refractivity contribution in [1.82, 2.24) is 0 Å². The lowest BCUT2D eigenvalue weighted by Gasteiger charge is -1.65. The van der Waals surface area contributed by atoms with Crippen molar-refractivity contribution in [3.05, 3.63) is 0 Å². The van der Waals surface area contributed by atoms with E-state index < -0.39 is 0 Å². The second kappa shape index (κ2) is 4.19. The number of rotatable bonds is 1. The summed E-state index contributed by atoms with van der Waals surface area (Å²) >= 11 is 0. The Balaban J connectivity index is 2.48. The average Bonchev–Trinajstić information content (AvgIpc) is 1.41. The maximum absolute atomic E-state index is 7.76. The third kappa shape index (κ3) is 4.19. The van der Waals surface area contributed by atoms with Crippen molar-refractivity contribution in [2.45, 2.75) is 0 Å². The smallest absolute Gasteiger partial charge is 0.144 e. The highest BCUT2D eigenvalue weighted by Gasteiger charge is 1.66. The van der Waals surface area contributed by atoms with E-state index in [0.29, 0.717) is 0 Å². The highest BCUT2D eigenvalue weighted by Crippen LogP contribution is 2.12. The molecule has 0 aromatic rings. The van der Waals surface area contributed by atoms with E-state index in [-0.39, 0.29) is 0 Å². The Labute approximate surface area is 39.1 Å². The van der Waals surface area contributed by atoms with Gasteiger partial charge in [0.15, 0.2) is 0 Å². The molecule has 0 N–H and O–H groups in total. The molecule has 0 unspecified atom stereocenters. The fourth-order valence-electron chi connectivity index (χ4n) is 0.0373. The fraction of sp³-hybridized carbons (Fsp3) is 0.500. The van der Waals surface area contributed by atoms with Gasteiger partial charge in [-0.15, -0.1) is 0 Å². The Morgan fingerprint density at radius 2 is 2.40 bits per heavy atom. The van der Waals surface area contributed by atoms with Crippen LogP contribution < -0.4 is 0 Å². The van der Waals surface area contributed by atoms with E-state index in [1.807, 2.05) is 11.7 Å². The largest absolute Gasteiger partial charge is 0.184 e. The summed E-state index contributed by atoms with van der Waals surface area (Å²) in [6.45, 7) is 0. The van der Waals surface area contributed by atoms with E-state index in [4.69, 9.17) is 5.26 Å². The molecule has 0 aromatic carbocycles. The third-order valence-corrected chi connectivity index (χ3v) is 1.09. The molecule has 0 heterocycles. The zero-order valence-corrected chi connectivity index (χ0v) is 4.40. The molecule has 5 heavy (non-hydrogen) atoms. The minimum atomic E-state index is 1.19. The Kier molecular flexibility index (Phi) is 4.35. The second-order valence-electron chi connectivity index (χ2n) is 0.341. The molecule has 28 valence electrons. The molecule has 0 aromatic heterocycles. The predicted molar refractivity (Wildman–Crippen MR) is 26.7 cm³/mol. The third-order valence-electron chi connectivity index (χ3n) is 0.121. The van der Waals surface area contributed by atoms with Gasteiger partial charge in [0.2, 0.25) is 0 Å². The molecule has 0 radical (unpaired) electrons. The molecule has 1 nitrogen and oxygen atoms in total. The molecule has 0 saturated carbocycles. The van der Waals surface area contributed by atoms with Crippen LogP contribution in [-0.2, 0) is 0 Å². The zero-order valence-electron chi connectivity index (χ0n) is 2.76. The number of nitriles is 1. The van der Waals surface area contributed by atoms with Crippen molar-refractivity contribution in [3.8, 4) is 5.40 Å².